The number of para-hydroxylation sites is 4. The van der Waals surface area contributed by atoms with E-state index in [1.165, 1.54) is 11.9 Å². The average Bonchev–Trinajstić information content (AvgIpc) is 3.02. The van der Waals surface area contributed by atoms with Crippen LogP contribution in [0.4, 0.5) is 28.7 Å². The van der Waals surface area contributed by atoms with Gasteiger partial charge in [0.1, 0.15) is 17.2 Å². The molecule has 0 unspecified atom stereocenters. The Hall–Kier alpha value is -5.16. The number of methoxy groups -OCH3 is 3. The molecule has 11 heteroatoms. The van der Waals surface area contributed by atoms with Crippen molar-refractivity contribution >= 4 is 57.6 Å². The zero-order valence-corrected chi connectivity index (χ0v) is 24.1. The van der Waals surface area contributed by atoms with E-state index in [0.29, 0.717) is 34.6 Å². The number of anilines is 5. The lowest BCUT2D eigenvalue weighted by atomic mass is 10.2. The van der Waals surface area contributed by atoms with Gasteiger partial charge in [0.05, 0.1) is 44.6 Å². The summed E-state index contributed by atoms with van der Waals surface area (Å²) in [6.07, 6.45) is 0. The molecule has 1 heterocycles. The molecular weight excluding hydrogens is 552 g/mol. The topological polar surface area (TPSA) is 119 Å². The maximum Gasteiger partial charge on any atom is 0.243 e. The molecule has 0 aliphatic carbocycles. The minimum absolute atomic E-state index is 0.0900. The summed E-state index contributed by atoms with van der Waals surface area (Å²) in [5.74, 6) is 2.85. The number of rotatable bonds is 12. The Kier molecular flexibility index (Phi) is 9.10. The van der Waals surface area contributed by atoms with Crippen LogP contribution in [-0.2, 0) is 4.79 Å². The monoisotopic (exact) mass is 582 g/mol. The molecule has 0 saturated carbocycles. The van der Waals surface area contributed by atoms with Crippen molar-refractivity contribution in [2.45, 2.75) is 4.90 Å². The maximum atomic E-state index is 12.6. The second-order valence-corrected chi connectivity index (χ2v) is 9.85. The molecule has 4 N–H and O–H groups in total. The molecule has 0 aliphatic heterocycles. The molecule has 1 amide bonds. The number of amides is 1. The molecule has 42 heavy (non-hydrogen) atoms. The van der Waals surface area contributed by atoms with Gasteiger partial charge in [-0.3, -0.25) is 4.79 Å². The summed E-state index contributed by atoms with van der Waals surface area (Å²) < 4.78 is 19.5. The van der Waals surface area contributed by atoms with E-state index >= 15 is 0 Å². The van der Waals surface area contributed by atoms with E-state index in [4.69, 9.17) is 24.2 Å². The number of ether oxygens (including phenoxy) is 3. The maximum absolute atomic E-state index is 12.6. The molecular formula is C31H30N6O4S. The first-order valence-corrected chi connectivity index (χ1v) is 13.8. The summed E-state index contributed by atoms with van der Waals surface area (Å²) in [6, 6.07) is 28.1. The van der Waals surface area contributed by atoms with E-state index in [1.807, 2.05) is 84.9 Å². The number of nitrogens with one attached hydrogen (secondary N) is 4. The number of hydrogen-bond donors (Lipinski definition) is 4. The quantitative estimate of drug-likeness (QED) is 0.120. The third-order valence-electron chi connectivity index (χ3n) is 6.11. The van der Waals surface area contributed by atoms with Gasteiger partial charge in [-0.2, -0.15) is 0 Å². The Morgan fingerprint density at radius 3 is 2.14 bits per heavy atom. The largest absolute Gasteiger partial charge is 0.497 e. The molecule has 0 radical (unpaired) electrons. The number of aromatic nitrogens is 2. The standard InChI is InChI=1S/C31H30N6O4S/c1-39-22-15-21(16-23(18-22)40-2)34-30-31(36-26-12-5-4-11-25(26)35-30)37-42-24-10-8-9-20(17-24)33-29(38)19-32-27-13-6-7-14-28(27)41-3/h4-18,32H,19H2,1-3H3,(H,33,38)(H,34,35)(H,36,37). The Morgan fingerprint density at radius 2 is 1.43 bits per heavy atom. The molecule has 5 aromatic rings. The van der Waals surface area contributed by atoms with Crippen LogP contribution in [-0.4, -0.2) is 43.7 Å². The molecule has 214 valence electrons. The van der Waals surface area contributed by atoms with Crippen LogP contribution in [0.1, 0.15) is 0 Å². The summed E-state index contributed by atoms with van der Waals surface area (Å²) in [5, 5.41) is 9.38. The van der Waals surface area contributed by atoms with E-state index in [2.05, 4.69) is 20.7 Å². The van der Waals surface area contributed by atoms with Crippen molar-refractivity contribution < 1.29 is 19.0 Å². The summed E-state index contributed by atoms with van der Waals surface area (Å²) in [4.78, 5) is 23.1. The van der Waals surface area contributed by atoms with Crippen LogP contribution in [0.5, 0.6) is 17.2 Å². The Bertz CT molecular complexity index is 1680. The van der Waals surface area contributed by atoms with Gasteiger partial charge >= 0.3 is 0 Å². The molecule has 0 atom stereocenters. The molecule has 1 aromatic heterocycles. The molecule has 4 aromatic carbocycles. The van der Waals surface area contributed by atoms with Gasteiger partial charge in [-0.25, -0.2) is 9.97 Å². The fraction of sp³-hybridized carbons (Fsp3) is 0.129. The van der Waals surface area contributed by atoms with Gasteiger partial charge in [-0.1, -0.05) is 30.3 Å². The lowest BCUT2D eigenvalue weighted by Gasteiger charge is -2.15. The minimum Gasteiger partial charge on any atom is -0.497 e. The number of carbonyl (C=O) groups is 1. The average molecular weight is 583 g/mol. The fourth-order valence-electron chi connectivity index (χ4n) is 4.09. The third-order valence-corrected chi connectivity index (χ3v) is 6.90. The van der Waals surface area contributed by atoms with Crippen LogP contribution >= 0.6 is 11.9 Å². The highest BCUT2D eigenvalue weighted by Gasteiger charge is 2.12. The molecule has 0 spiro atoms. The molecule has 0 fully saturated rings. The van der Waals surface area contributed by atoms with Gasteiger partial charge in [0.15, 0.2) is 11.6 Å². The lowest BCUT2D eigenvalue weighted by molar-refractivity contribution is -0.114. The van der Waals surface area contributed by atoms with Gasteiger partial charge in [-0.15, -0.1) is 0 Å². The van der Waals surface area contributed by atoms with Gasteiger partial charge in [0.25, 0.3) is 0 Å². The Balaban J connectivity index is 1.30. The van der Waals surface area contributed by atoms with E-state index in [-0.39, 0.29) is 12.5 Å². The Labute approximate surface area is 248 Å². The van der Waals surface area contributed by atoms with Gasteiger partial charge in [-0.05, 0) is 54.4 Å². The second kappa shape index (κ2) is 13.5. The van der Waals surface area contributed by atoms with Crippen LogP contribution in [0.25, 0.3) is 11.0 Å². The van der Waals surface area contributed by atoms with E-state index in [0.717, 1.165) is 27.3 Å². The predicted octanol–water partition coefficient (Wildman–Crippen LogP) is 6.57. The van der Waals surface area contributed by atoms with Gasteiger partial charge in [0, 0.05) is 34.5 Å². The summed E-state index contributed by atoms with van der Waals surface area (Å²) in [6.45, 7) is 0.0900. The van der Waals surface area contributed by atoms with E-state index in [9.17, 15) is 4.79 Å². The highest BCUT2D eigenvalue weighted by molar-refractivity contribution is 8.00. The van der Waals surface area contributed by atoms with Crippen molar-refractivity contribution in [3.05, 3.63) is 91.0 Å². The zero-order valence-electron chi connectivity index (χ0n) is 23.3. The molecule has 0 saturated heterocycles. The van der Waals surface area contributed by atoms with Crippen molar-refractivity contribution in [1.29, 1.82) is 0 Å². The number of hydrogen-bond acceptors (Lipinski definition) is 10. The van der Waals surface area contributed by atoms with Gasteiger partial charge < -0.3 is 34.9 Å². The fourth-order valence-corrected chi connectivity index (χ4v) is 4.78. The van der Waals surface area contributed by atoms with Crippen molar-refractivity contribution in [2.24, 2.45) is 0 Å². The normalized spacial score (nSPS) is 10.5. The van der Waals surface area contributed by atoms with Crippen molar-refractivity contribution in [1.82, 2.24) is 9.97 Å². The molecule has 0 bridgehead atoms. The molecule has 0 aliphatic rings. The number of nitrogens with zero attached hydrogens (tertiary/aromatic N) is 2. The van der Waals surface area contributed by atoms with Crippen molar-refractivity contribution in [2.75, 3.05) is 48.5 Å². The summed E-state index contributed by atoms with van der Waals surface area (Å²) in [5.41, 5.74) is 3.64. The van der Waals surface area contributed by atoms with Crippen LogP contribution in [0.2, 0.25) is 0 Å². The third kappa shape index (κ3) is 7.12. The van der Waals surface area contributed by atoms with Crippen LogP contribution in [0.3, 0.4) is 0 Å². The zero-order chi connectivity index (χ0) is 29.3. The SMILES string of the molecule is COc1cc(Nc2nc3ccccc3nc2NSc2cccc(NC(=O)CNc3ccccc3OC)c2)cc(OC)c1. The number of carbonyl (C=O) groups excluding carboxylic acids is 1. The predicted molar refractivity (Wildman–Crippen MR) is 168 cm³/mol. The lowest BCUT2D eigenvalue weighted by Crippen LogP contribution is -2.21. The first-order chi connectivity index (χ1) is 20.5. The van der Waals surface area contributed by atoms with E-state index in [1.54, 1.807) is 27.4 Å². The second-order valence-electron chi connectivity index (χ2n) is 8.97. The first kappa shape index (κ1) is 28.4. The minimum atomic E-state index is -0.184. The number of benzene rings is 4. The van der Waals surface area contributed by atoms with Crippen molar-refractivity contribution in [3.8, 4) is 17.2 Å². The van der Waals surface area contributed by atoms with Crippen LogP contribution in [0.15, 0.2) is 95.9 Å². The highest BCUT2D eigenvalue weighted by Crippen LogP contribution is 2.33. The molecule has 10 nitrogen and oxygen atoms in total. The summed E-state index contributed by atoms with van der Waals surface area (Å²) in [7, 11) is 4.80. The molecule has 5 rings (SSSR count). The smallest absolute Gasteiger partial charge is 0.243 e. The highest BCUT2D eigenvalue weighted by atomic mass is 32.2. The van der Waals surface area contributed by atoms with Crippen LogP contribution < -0.4 is 34.9 Å². The number of fused-ring (bicyclic) bond motifs is 1. The summed E-state index contributed by atoms with van der Waals surface area (Å²) >= 11 is 1.35. The van der Waals surface area contributed by atoms with Crippen LogP contribution in [0, 0.1) is 0 Å². The van der Waals surface area contributed by atoms with Gasteiger partial charge in [0.2, 0.25) is 5.91 Å². The Morgan fingerprint density at radius 1 is 0.738 bits per heavy atom. The van der Waals surface area contributed by atoms with E-state index < -0.39 is 0 Å². The van der Waals surface area contributed by atoms with Crippen molar-refractivity contribution in [3.63, 3.8) is 0 Å². The first-order valence-electron chi connectivity index (χ1n) is 13.0.